The summed E-state index contributed by atoms with van der Waals surface area (Å²) >= 11 is 3.38. The number of nitrogens with two attached hydrogens (primary N) is 1. The molecule has 1 aromatic rings. The standard InChI is InChI=1S/C14H21BrN2O/c15-13-8-6-12(7-9-13)11-17-14(18)5-3-1-2-4-10-16/h6-9H,1-5,10-11,16H2,(H,17,18). The van der Waals surface area contributed by atoms with Crippen LogP contribution in [0.4, 0.5) is 0 Å². The minimum atomic E-state index is 0.130. The van der Waals surface area contributed by atoms with E-state index in [1.165, 1.54) is 0 Å². The molecule has 1 aromatic carbocycles. The highest BCUT2D eigenvalue weighted by Crippen LogP contribution is 2.10. The van der Waals surface area contributed by atoms with Crippen molar-refractivity contribution < 1.29 is 4.79 Å². The predicted molar refractivity (Wildman–Crippen MR) is 78.1 cm³/mol. The molecule has 0 heterocycles. The lowest BCUT2D eigenvalue weighted by molar-refractivity contribution is -0.121. The van der Waals surface area contributed by atoms with Crippen LogP contribution >= 0.6 is 15.9 Å². The second-order valence-corrected chi connectivity index (χ2v) is 5.27. The van der Waals surface area contributed by atoms with Crippen molar-refractivity contribution in [3.63, 3.8) is 0 Å². The topological polar surface area (TPSA) is 55.1 Å². The largest absolute Gasteiger partial charge is 0.352 e. The highest BCUT2D eigenvalue weighted by atomic mass is 79.9. The molecular formula is C14H21BrN2O. The van der Waals surface area contributed by atoms with Crippen molar-refractivity contribution in [3.05, 3.63) is 34.3 Å². The van der Waals surface area contributed by atoms with Gasteiger partial charge in [-0.25, -0.2) is 0 Å². The molecule has 3 nitrogen and oxygen atoms in total. The Morgan fingerprint density at radius 1 is 1.11 bits per heavy atom. The SMILES string of the molecule is NCCCCCCC(=O)NCc1ccc(Br)cc1. The number of carbonyl (C=O) groups is 1. The van der Waals surface area contributed by atoms with Crippen molar-refractivity contribution in [2.45, 2.75) is 38.6 Å². The molecule has 0 fully saturated rings. The van der Waals surface area contributed by atoms with Gasteiger partial charge in [0.2, 0.25) is 5.91 Å². The lowest BCUT2D eigenvalue weighted by Crippen LogP contribution is -2.22. The zero-order valence-electron chi connectivity index (χ0n) is 10.6. The van der Waals surface area contributed by atoms with Crippen molar-refractivity contribution >= 4 is 21.8 Å². The average molecular weight is 313 g/mol. The third-order valence-electron chi connectivity index (χ3n) is 2.76. The zero-order chi connectivity index (χ0) is 13.2. The van der Waals surface area contributed by atoms with Gasteiger partial charge in [0.25, 0.3) is 0 Å². The Balaban J connectivity index is 2.11. The van der Waals surface area contributed by atoms with E-state index in [1.807, 2.05) is 24.3 Å². The Morgan fingerprint density at radius 3 is 2.44 bits per heavy atom. The molecule has 0 atom stereocenters. The summed E-state index contributed by atoms with van der Waals surface area (Å²) in [5.74, 6) is 0.130. The van der Waals surface area contributed by atoms with Gasteiger partial charge in [-0.1, -0.05) is 40.9 Å². The smallest absolute Gasteiger partial charge is 0.220 e. The Kier molecular flexibility index (Phi) is 7.69. The van der Waals surface area contributed by atoms with Crippen LogP contribution in [0.2, 0.25) is 0 Å². The van der Waals surface area contributed by atoms with Crippen molar-refractivity contribution in [1.82, 2.24) is 5.32 Å². The molecule has 100 valence electrons. The number of halogens is 1. The Labute approximate surface area is 117 Å². The first-order valence-corrected chi connectivity index (χ1v) is 7.23. The quantitative estimate of drug-likeness (QED) is 0.725. The molecule has 0 saturated heterocycles. The maximum Gasteiger partial charge on any atom is 0.220 e. The fourth-order valence-corrected chi connectivity index (χ4v) is 1.94. The van der Waals surface area contributed by atoms with Crippen LogP contribution in [0.15, 0.2) is 28.7 Å². The molecule has 0 spiro atoms. The molecule has 4 heteroatoms. The first kappa shape index (κ1) is 15.2. The minimum absolute atomic E-state index is 0.130. The molecule has 18 heavy (non-hydrogen) atoms. The summed E-state index contributed by atoms with van der Waals surface area (Å²) in [6.07, 6.45) is 4.83. The van der Waals surface area contributed by atoms with Gasteiger partial charge in [-0.05, 0) is 37.1 Å². The number of benzene rings is 1. The van der Waals surface area contributed by atoms with E-state index >= 15 is 0 Å². The van der Waals surface area contributed by atoms with E-state index in [1.54, 1.807) is 0 Å². The maximum atomic E-state index is 11.6. The van der Waals surface area contributed by atoms with Crippen LogP contribution in [0.1, 0.15) is 37.7 Å². The normalized spacial score (nSPS) is 10.3. The molecule has 1 rings (SSSR count). The number of hydrogen-bond donors (Lipinski definition) is 2. The third kappa shape index (κ3) is 6.77. The molecule has 3 N–H and O–H groups in total. The van der Waals surface area contributed by atoms with Crippen molar-refractivity contribution in [3.8, 4) is 0 Å². The number of unbranched alkanes of at least 4 members (excludes halogenated alkanes) is 3. The van der Waals surface area contributed by atoms with Gasteiger partial charge in [0, 0.05) is 17.4 Å². The summed E-state index contributed by atoms with van der Waals surface area (Å²) in [6, 6.07) is 7.97. The summed E-state index contributed by atoms with van der Waals surface area (Å²) in [6.45, 7) is 1.35. The summed E-state index contributed by atoms with van der Waals surface area (Å²) in [5.41, 5.74) is 6.53. The van der Waals surface area contributed by atoms with Crippen molar-refractivity contribution in [2.75, 3.05) is 6.54 Å². The van der Waals surface area contributed by atoms with Crippen LogP contribution in [0, 0.1) is 0 Å². The first-order chi connectivity index (χ1) is 8.72. The molecule has 0 aliphatic heterocycles. The lowest BCUT2D eigenvalue weighted by Gasteiger charge is -2.05. The Morgan fingerprint density at radius 2 is 1.78 bits per heavy atom. The molecule has 0 bridgehead atoms. The molecular weight excluding hydrogens is 292 g/mol. The summed E-state index contributed by atoms with van der Waals surface area (Å²) in [5, 5.41) is 2.93. The van der Waals surface area contributed by atoms with E-state index in [0.717, 1.165) is 42.3 Å². The predicted octanol–water partition coefficient (Wildman–Crippen LogP) is 2.97. The number of carbonyl (C=O) groups excluding carboxylic acids is 1. The number of amides is 1. The van der Waals surface area contributed by atoms with Gasteiger partial charge in [-0.3, -0.25) is 4.79 Å². The van der Waals surface area contributed by atoms with Gasteiger partial charge < -0.3 is 11.1 Å². The fourth-order valence-electron chi connectivity index (χ4n) is 1.67. The van der Waals surface area contributed by atoms with E-state index in [2.05, 4.69) is 21.2 Å². The molecule has 0 unspecified atom stereocenters. The minimum Gasteiger partial charge on any atom is -0.352 e. The van der Waals surface area contributed by atoms with Gasteiger partial charge in [0.15, 0.2) is 0 Å². The Bertz CT molecular complexity index is 351. The number of hydrogen-bond acceptors (Lipinski definition) is 2. The highest BCUT2D eigenvalue weighted by molar-refractivity contribution is 9.10. The molecule has 0 saturated carbocycles. The van der Waals surface area contributed by atoms with Gasteiger partial charge >= 0.3 is 0 Å². The van der Waals surface area contributed by atoms with Crippen LogP contribution in [0.5, 0.6) is 0 Å². The first-order valence-electron chi connectivity index (χ1n) is 6.43. The maximum absolute atomic E-state index is 11.6. The summed E-state index contributed by atoms with van der Waals surface area (Å²) in [7, 11) is 0. The van der Waals surface area contributed by atoms with Crippen LogP contribution < -0.4 is 11.1 Å². The second-order valence-electron chi connectivity index (χ2n) is 4.36. The molecule has 0 aliphatic rings. The van der Waals surface area contributed by atoms with E-state index in [9.17, 15) is 4.79 Å². The summed E-state index contributed by atoms with van der Waals surface area (Å²) in [4.78, 5) is 11.6. The van der Waals surface area contributed by atoms with Gasteiger partial charge in [-0.15, -0.1) is 0 Å². The van der Waals surface area contributed by atoms with Gasteiger partial charge in [-0.2, -0.15) is 0 Å². The van der Waals surface area contributed by atoms with E-state index < -0.39 is 0 Å². The van der Waals surface area contributed by atoms with E-state index in [4.69, 9.17) is 5.73 Å². The second kappa shape index (κ2) is 9.11. The van der Waals surface area contributed by atoms with E-state index in [-0.39, 0.29) is 5.91 Å². The van der Waals surface area contributed by atoms with Crippen LogP contribution in [-0.4, -0.2) is 12.5 Å². The van der Waals surface area contributed by atoms with Crippen LogP contribution in [-0.2, 0) is 11.3 Å². The monoisotopic (exact) mass is 312 g/mol. The van der Waals surface area contributed by atoms with Gasteiger partial charge in [0.1, 0.15) is 0 Å². The average Bonchev–Trinajstić information content (AvgIpc) is 2.38. The number of nitrogens with one attached hydrogen (secondary N) is 1. The molecule has 0 radical (unpaired) electrons. The third-order valence-corrected chi connectivity index (χ3v) is 3.29. The van der Waals surface area contributed by atoms with Crippen LogP contribution in [0.25, 0.3) is 0 Å². The summed E-state index contributed by atoms with van der Waals surface area (Å²) < 4.78 is 1.05. The van der Waals surface area contributed by atoms with Crippen molar-refractivity contribution in [1.29, 1.82) is 0 Å². The van der Waals surface area contributed by atoms with Crippen molar-refractivity contribution in [2.24, 2.45) is 5.73 Å². The molecule has 0 aliphatic carbocycles. The zero-order valence-corrected chi connectivity index (χ0v) is 12.2. The van der Waals surface area contributed by atoms with E-state index in [0.29, 0.717) is 13.0 Å². The lowest BCUT2D eigenvalue weighted by atomic mass is 10.1. The Hall–Kier alpha value is -0.870. The fraction of sp³-hybridized carbons (Fsp3) is 0.500. The molecule has 0 aromatic heterocycles. The van der Waals surface area contributed by atoms with Crippen LogP contribution in [0.3, 0.4) is 0 Å². The number of rotatable bonds is 8. The van der Waals surface area contributed by atoms with Gasteiger partial charge in [0.05, 0.1) is 0 Å². The molecule has 1 amide bonds. The highest BCUT2D eigenvalue weighted by Gasteiger charge is 2.01.